The van der Waals surface area contributed by atoms with E-state index in [1.165, 1.54) is 25.7 Å². The topological polar surface area (TPSA) is 57.5 Å². The van der Waals surface area contributed by atoms with Crippen LogP contribution in [0.15, 0.2) is 0 Å². The molecule has 0 aromatic carbocycles. The molecule has 0 saturated heterocycles. The van der Waals surface area contributed by atoms with E-state index in [1.54, 1.807) is 0 Å². The minimum absolute atomic E-state index is 0.0108. The largest absolute Gasteiger partial charge is 0.481 e. The molecule has 0 spiro atoms. The van der Waals surface area contributed by atoms with E-state index in [1.807, 2.05) is 0 Å². The molecule has 0 amide bonds. The lowest BCUT2D eigenvalue weighted by molar-refractivity contribution is -0.212. The number of carbonyl (C=O) groups is 1. The number of aliphatic hydroxyl groups excluding tert-OH is 1. The van der Waals surface area contributed by atoms with Crippen molar-refractivity contribution in [2.75, 3.05) is 0 Å². The summed E-state index contributed by atoms with van der Waals surface area (Å²) in [4.78, 5) is 12.0. The molecule has 2 N–H and O–H groups in total. The molecule has 29 heavy (non-hydrogen) atoms. The van der Waals surface area contributed by atoms with Gasteiger partial charge in [-0.05, 0) is 104 Å². The molecule has 4 aliphatic carbocycles. The molecule has 9 unspecified atom stereocenters. The average molecular weight is 405 g/mol. The highest BCUT2D eigenvalue weighted by Gasteiger charge is 2.64. The normalized spacial score (nSPS) is 51.4. The molecule has 0 heterocycles. The van der Waals surface area contributed by atoms with Gasteiger partial charge in [0.15, 0.2) is 0 Å². The SMILES string of the molecule is CCCC1C(C(=O)O)CCC2C1CCC1C2(C)CCC2C(C)(C)C(O)CCC21C. The van der Waals surface area contributed by atoms with Crippen LogP contribution in [0.3, 0.4) is 0 Å². The van der Waals surface area contributed by atoms with Crippen molar-refractivity contribution < 1.29 is 15.0 Å². The Labute approximate surface area is 178 Å². The van der Waals surface area contributed by atoms with Crippen molar-refractivity contribution in [2.24, 2.45) is 51.8 Å². The van der Waals surface area contributed by atoms with E-state index in [-0.39, 0.29) is 17.4 Å². The molecule has 4 rings (SSSR count). The maximum atomic E-state index is 12.0. The summed E-state index contributed by atoms with van der Waals surface area (Å²) in [6, 6.07) is 0. The van der Waals surface area contributed by atoms with Crippen LogP contribution in [0, 0.1) is 51.8 Å². The summed E-state index contributed by atoms with van der Waals surface area (Å²) in [5.41, 5.74) is 0.684. The van der Waals surface area contributed by atoms with Gasteiger partial charge in [-0.3, -0.25) is 4.79 Å². The minimum atomic E-state index is -0.548. The summed E-state index contributed by atoms with van der Waals surface area (Å²) in [5.74, 6) is 2.35. The Balaban J connectivity index is 1.66. The first-order chi connectivity index (χ1) is 13.6. The van der Waals surface area contributed by atoms with Gasteiger partial charge in [-0.15, -0.1) is 0 Å². The molecule has 0 aliphatic heterocycles. The lowest BCUT2D eigenvalue weighted by Crippen LogP contribution is -2.62. The third-order valence-electron chi connectivity index (χ3n) is 11.0. The fourth-order valence-corrected chi connectivity index (χ4v) is 9.71. The molecule has 0 aromatic rings. The number of carboxylic acids is 1. The third kappa shape index (κ3) is 3.04. The Morgan fingerprint density at radius 2 is 1.59 bits per heavy atom. The van der Waals surface area contributed by atoms with Gasteiger partial charge in [0.05, 0.1) is 12.0 Å². The second-order valence-corrected chi connectivity index (χ2v) is 12.4. The predicted molar refractivity (Wildman–Crippen MR) is 116 cm³/mol. The fourth-order valence-electron chi connectivity index (χ4n) is 9.71. The number of hydrogen-bond acceptors (Lipinski definition) is 2. The highest BCUT2D eigenvalue weighted by molar-refractivity contribution is 5.70. The number of aliphatic hydroxyl groups is 1. The van der Waals surface area contributed by atoms with Gasteiger partial charge >= 0.3 is 5.97 Å². The molecule has 4 saturated carbocycles. The minimum Gasteiger partial charge on any atom is -0.481 e. The number of carboxylic acid groups (broad SMARTS) is 1. The Bertz CT molecular complexity index is 642. The summed E-state index contributed by atoms with van der Waals surface area (Å²) in [7, 11) is 0. The highest BCUT2D eigenvalue weighted by Crippen LogP contribution is 2.71. The van der Waals surface area contributed by atoms with Gasteiger partial charge < -0.3 is 10.2 Å². The van der Waals surface area contributed by atoms with Crippen LogP contribution in [0.2, 0.25) is 0 Å². The van der Waals surface area contributed by atoms with Crippen LogP contribution in [0.25, 0.3) is 0 Å². The number of aliphatic carboxylic acids is 1. The van der Waals surface area contributed by atoms with E-state index >= 15 is 0 Å². The zero-order valence-electron chi connectivity index (χ0n) is 19.4. The van der Waals surface area contributed by atoms with Gasteiger partial charge in [0.25, 0.3) is 0 Å². The Morgan fingerprint density at radius 1 is 0.897 bits per heavy atom. The van der Waals surface area contributed by atoms with Gasteiger partial charge in [0, 0.05) is 0 Å². The van der Waals surface area contributed by atoms with Crippen molar-refractivity contribution in [1.82, 2.24) is 0 Å². The van der Waals surface area contributed by atoms with E-state index in [2.05, 4.69) is 34.6 Å². The molecule has 166 valence electrons. The molecule has 0 bridgehead atoms. The van der Waals surface area contributed by atoms with Crippen LogP contribution >= 0.6 is 0 Å². The molecule has 3 heteroatoms. The molecular formula is C26H44O3. The molecule has 4 aliphatic rings. The van der Waals surface area contributed by atoms with Crippen molar-refractivity contribution in [3.8, 4) is 0 Å². The van der Waals surface area contributed by atoms with Crippen LogP contribution < -0.4 is 0 Å². The zero-order valence-corrected chi connectivity index (χ0v) is 19.4. The number of hydrogen-bond donors (Lipinski definition) is 2. The third-order valence-corrected chi connectivity index (χ3v) is 11.0. The van der Waals surface area contributed by atoms with Crippen LogP contribution in [-0.4, -0.2) is 22.3 Å². The summed E-state index contributed by atoms with van der Waals surface area (Å²) in [5, 5.41) is 20.6. The van der Waals surface area contributed by atoms with Crippen molar-refractivity contribution in [3.05, 3.63) is 0 Å². The second kappa shape index (κ2) is 7.24. The van der Waals surface area contributed by atoms with E-state index in [0.29, 0.717) is 34.5 Å². The lowest BCUT2D eigenvalue weighted by atomic mass is 9.36. The summed E-state index contributed by atoms with van der Waals surface area (Å²) in [6.07, 6.45) is 11.1. The van der Waals surface area contributed by atoms with Crippen molar-refractivity contribution in [1.29, 1.82) is 0 Å². The first kappa shape index (κ1) is 21.7. The number of rotatable bonds is 3. The average Bonchev–Trinajstić information content (AvgIpc) is 2.65. The Hall–Kier alpha value is -0.570. The van der Waals surface area contributed by atoms with E-state index in [4.69, 9.17) is 0 Å². The van der Waals surface area contributed by atoms with Crippen LogP contribution in [0.5, 0.6) is 0 Å². The maximum Gasteiger partial charge on any atom is 0.306 e. The highest BCUT2D eigenvalue weighted by atomic mass is 16.4. The molecular weight excluding hydrogens is 360 g/mol. The first-order valence-electron chi connectivity index (χ1n) is 12.5. The van der Waals surface area contributed by atoms with Gasteiger partial charge in [-0.1, -0.05) is 41.0 Å². The van der Waals surface area contributed by atoms with Crippen molar-refractivity contribution >= 4 is 5.97 Å². The first-order valence-corrected chi connectivity index (χ1v) is 12.5. The van der Waals surface area contributed by atoms with Gasteiger partial charge in [-0.2, -0.15) is 0 Å². The van der Waals surface area contributed by atoms with Gasteiger partial charge in [0.1, 0.15) is 0 Å². The zero-order chi connectivity index (χ0) is 21.2. The van der Waals surface area contributed by atoms with E-state index in [0.717, 1.165) is 44.4 Å². The fraction of sp³-hybridized carbons (Fsp3) is 0.962. The molecule has 0 aromatic heterocycles. The Morgan fingerprint density at radius 3 is 2.24 bits per heavy atom. The van der Waals surface area contributed by atoms with E-state index < -0.39 is 5.97 Å². The van der Waals surface area contributed by atoms with Crippen LogP contribution in [-0.2, 0) is 4.79 Å². The monoisotopic (exact) mass is 404 g/mol. The van der Waals surface area contributed by atoms with Crippen molar-refractivity contribution in [3.63, 3.8) is 0 Å². The van der Waals surface area contributed by atoms with Crippen LogP contribution in [0.4, 0.5) is 0 Å². The second-order valence-electron chi connectivity index (χ2n) is 12.4. The smallest absolute Gasteiger partial charge is 0.306 e. The van der Waals surface area contributed by atoms with Gasteiger partial charge in [-0.25, -0.2) is 0 Å². The van der Waals surface area contributed by atoms with Crippen LogP contribution in [0.1, 0.15) is 98.8 Å². The summed E-state index contributed by atoms with van der Waals surface area (Å²) in [6.45, 7) is 12.0. The summed E-state index contributed by atoms with van der Waals surface area (Å²) < 4.78 is 0. The quantitative estimate of drug-likeness (QED) is 0.594. The lowest BCUT2D eigenvalue weighted by Gasteiger charge is -2.68. The Kier molecular flexibility index (Phi) is 5.41. The van der Waals surface area contributed by atoms with E-state index in [9.17, 15) is 15.0 Å². The number of fused-ring (bicyclic) bond motifs is 5. The molecule has 4 fully saturated rings. The molecule has 0 radical (unpaired) electrons. The van der Waals surface area contributed by atoms with Gasteiger partial charge in [0.2, 0.25) is 0 Å². The predicted octanol–water partition coefficient (Wildman–Crippen LogP) is 6.14. The summed E-state index contributed by atoms with van der Waals surface area (Å²) >= 11 is 0. The van der Waals surface area contributed by atoms with Crippen molar-refractivity contribution in [2.45, 2.75) is 105 Å². The molecule has 3 nitrogen and oxygen atoms in total. The standard InChI is InChI=1S/C26H44O3/c1-6-7-16-17-9-11-21-25(4,19(17)10-8-18(16)23(28)29)14-12-20-24(2,3)22(27)13-15-26(20,21)5/h16-22,27H,6-15H2,1-5H3,(H,28,29). The maximum absolute atomic E-state index is 12.0. The molecule has 9 atom stereocenters.